The van der Waals surface area contributed by atoms with Crippen LogP contribution >= 0.6 is 11.6 Å². The summed E-state index contributed by atoms with van der Waals surface area (Å²) in [6.45, 7) is 9.88. The minimum absolute atomic E-state index is 0.357. The summed E-state index contributed by atoms with van der Waals surface area (Å²) >= 11 is 6.56. The maximum atomic E-state index is 6.56. The van der Waals surface area contributed by atoms with E-state index < -0.39 is 0 Å². The number of nitrogens with one attached hydrogen (secondary N) is 1. The molecule has 1 aromatic rings. The van der Waals surface area contributed by atoms with E-state index in [9.17, 15) is 0 Å². The van der Waals surface area contributed by atoms with Crippen LogP contribution in [0.3, 0.4) is 0 Å². The third-order valence-corrected chi connectivity index (χ3v) is 5.05. The van der Waals surface area contributed by atoms with Gasteiger partial charge in [0.2, 0.25) is 0 Å². The molecule has 2 atom stereocenters. The Morgan fingerprint density at radius 3 is 2.76 bits per heavy atom. The SMILES string of the molecule is CCNC(C)c1ccc(N2CCCC(CC)CC2)c(Cl)c1. The maximum Gasteiger partial charge on any atom is 0.0642 e. The Morgan fingerprint density at radius 2 is 2.10 bits per heavy atom. The van der Waals surface area contributed by atoms with E-state index in [4.69, 9.17) is 11.6 Å². The highest BCUT2D eigenvalue weighted by atomic mass is 35.5. The molecule has 2 rings (SSSR count). The fourth-order valence-corrected chi connectivity index (χ4v) is 3.60. The molecule has 0 aliphatic carbocycles. The molecule has 0 spiro atoms. The molecule has 2 unspecified atom stereocenters. The van der Waals surface area contributed by atoms with Gasteiger partial charge in [0.1, 0.15) is 0 Å². The Morgan fingerprint density at radius 1 is 1.29 bits per heavy atom. The van der Waals surface area contributed by atoms with E-state index >= 15 is 0 Å². The van der Waals surface area contributed by atoms with Crippen molar-refractivity contribution in [1.29, 1.82) is 0 Å². The monoisotopic (exact) mass is 308 g/mol. The lowest BCUT2D eigenvalue weighted by atomic mass is 9.98. The molecule has 21 heavy (non-hydrogen) atoms. The van der Waals surface area contributed by atoms with Gasteiger partial charge in [0.15, 0.2) is 0 Å². The van der Waals surface area contributed by atoms with E-state index in [-0.39, 0.29) is 0 Å². The van der Waals surface area contributed by atoms with Crippen LogP contribution in [-0.4, -0.2) is 19.6 Å². The van der Waals surface area contributed by atoms with Crippen molar-refractivity contribution in [1.82, 2.24) is 5.32 Å². The van der Waals surface area contributed by atoms with E-state index in [1.807, 2.05) is 0 Å². The fourth-order valence-electron chi connectivity index (χ4n) is 3.29. The molecule has 0 saturated carbocycles. The summed E-state index contributed by atoms with van der Waals surface area (Å²) in [5.74, 6) is 0.891. The van der Waals surface area contributed by atoms with E-state index in [1.165, 1.54) is 36.9 Å². The smallest absolute Gasteiger partial charge is 0.0642 e. The molecular formula is C18H29ClN2. The van der Waals surface area contributed by atoms with Crippen molar-refractivity contribution in [3.8, 4) is 0 Å². The second kappa shape index (κ2) is 8.05. The number of hydrogen-bond donors (Lipinski definition) is 1. The van der Waals surface area contributed by atoms with Crippen LogP contribution < -0.4 is 10.2 Å². The Bertz CT molecular complexity index is 447. The first-order valence-electron chi connectivity index (χ1n) is 8.43. The summed E-state index contributed by atoms with van der Waals surface area (Å²) in [6, 6.07) is 6.91. The van der Waals surface area contributed by atoms with Crippen molar-refractivity contribution < 1.29 is 0 Å². The van der Waals surface area contributed by atoms with Gasteiger partial charge in [-0.25, -0.2) is 0 Å². The Balaban J connectivity index is 2.09. The summed E-state index contributed by atoms with van der Waals surface area (Å²) in [4.78, 5) is 2.47. The molecule has 0 radical (unpaired) electrons. The number of benzene rings is 1. The van der Waals surface area contributed by atoms with Crippen LogP contribution in [0.25, 0.3) is 0 Å². The Labute approximate surface area is 134 Å². The summed E-state index contributed by atoms with van der Waals surface area (Å²) < 4.78 is 0. The van der Waals surface area contributed by atoms with Crippen molar-refractivity contribution in [2.45, 2.75) is 52.5 Å². The standard InChI is InChI=1S/C18H29ClN2/c1-4-15-7-6-11-21(12-10-15)18-9-8-16(13-17(18)19)14(3)20-5-2/h8-9,13-15,20H,4-7,10-12H2,1-3H3. The molecule has 1 N–H and O–H groups in total. The molecule has 2 nitrogen and oxygen atoms in total. The van der Waals surface area contributed by atoms with Crippen molar-refractivity contribution in [3.63, 3.8) is 0 Å². The van der Waals surface area contributed by atoms with Gasteiger partial charge in [0.25, 0.3) is 0 Å². The molecule has 118 valence electrons. The Hall–Kier alpha value is -0.730. The van der Waals surface area contributed by atoms with Crippen molar-refractivity contribution in [2.24, 2.45) is 5.92 Å². The first kappa shape index (κ1) is 16.6. The van der Waals surface area contributed by atoms with Gasteiger partial charge < -0.3 is 10.2 Å². The zero-order valence-corrected chi connectivity index (χ0v) is 14.4. The number of anilines is 1. The highest BCUT2D eigenvalue weighted by Gasteiger charge is 2.18. The molecule has 0 amide bonds. The molecule has 1 heterocycles. The first-order valence-corrected chi connectivity index (χ1v) is 8.81. The lowest BCUT2D eigenvalue weighted by Gasteiger charge is -2.25. The second-order valence-corrected chi connectivity index (χ2v) is 6.59. The molecule has 3 heteroatoms. The average Bonchev–Trinajstić information content (AvgIpc) is 2.72. The third-order valence-electron chi connectivity index (χ3n) is 4.75. The van der Waals surface area contributed by atoms with Crippen molar-refractivity contribution >= 4 is 17.3 Å². The van der Waals surface area contributed by atoms with Crippen molar-refractivity contribution in [3.05, 3.63) is 28.8 Å². The molecule has 0 aromatic heterocycles. The van der Waals surface area contributed by atoms with Gasteiger partial charge in [-0.3, -0.25) is 0 Å². The van der Waals surface area contributed by atoms with Crippen LogP contribution in [0.4, 0.5) is 5.69 Å². The minimum Gasteiger partial charge on any atom is -0.370 e. The maximum absolute atomic E-state index is 6.56. The van der Waals surface area contributed by atoms with Crippen LogP contribution in [0.1, 0.15) is 58.1 Å². The zero-order chi connectivity index (χ0) is 15.2. The average molecular weight is 309 g/mol. The highest BCUT2D eigenvalue weighted by Crippen LogP contribution is 2.32. The molecule has 0 bridgehead atoms. The summed E-state index contributed by atoms with van der Waals surface area (Å²) in [7, 11) is 0. The lowest BCUT2D eigenvalue weighted by molar-refractivity contribution is 0.459. The molecule has 1 fully saturated rings. The quantitative estimate of drug-likeness (QED) is 0.821. The van der Waals surface area contributed by atoms with Crippen LogP contribution in [0.2, 0.25) is 5.02 Å². The summed E-state index contributed by atoms with van der Waals surface area (Å²) in [5, 5.41) is 4.33. The van der Waals surface area contributed by atoms with Crippen LogP contribution in [0.5, 0.6) is 0 Å². The number of halogens is 1. The largest absolute Gasteiger partial charge is 0.370 e. The third kappa shape index (κ3) is 4.37. The number of nitrogens with zero attached hydrogens (tertiary/aromatic N) is 1. The second-order valence-electron chi connectivity index (χ2n) is 6.18. The number of hydrogen-bond acceptors (Lipinski definition) is 2. The Kier molecular flexibility index (Phi) is 6.38. The fraction of sp³-hybridized carbons (Fsp3) is 0.667. The van der Waals surface area contributed by atoms with Gasteiger partial charge in [0, 0.05) is 19.1 Å². The van der Waals surface area contributed by atoms with E-state index in [1.54, 1.807) is 0 Å². The van der Waals surface area contributed by atoms with Gasteiger partial charge in [-0.2, -0.15) is 0 Å². The van der Waals surface area contributed by atoms with Crippen LogP contribution in [0, 0.1) is 5.92 Å². The molecule has 1 aromatic carbocycles. The van der Waals surface area contributed by atoms with E-state index in [2.05, 4.69) is 49.2 Å². The molecule has 1 saturated heterocycles. The van der Waals surface area contributed by atoms with Crippen LogP contribution in [0.15, 0.2) is 18.2 Å². The number of rotatable bonds is 5. The van der Waals surface area contributed by atoms with Crippen molar-refractivity contribution in [2.75, 3.05) is 24.5 Å². The van der Waals surface area contributed by atoms with Gasteiger partial charge in [-0.1, -0.05) is 37.9 Å². The summed E-state index contributed by atoms with van der Waals surface area (Å²) in [5.41, 5.74) is 2.48. The highest BCUT2D eigenvalue weighted by molar-refractivity contribution is 6.33. The van der Waals surface area contributed by atoms with Gasteiger partial charge in [0.05, 0.1) is 10.7 Å². The normalized spacial score (nSPS) is 21.1. The lowest BCUT2D eigenvalue weighted by Crippen LogP contribution is -2.25. The predicted molar refractivity (Wildman–Crippen MR) is 93.4 cm³/mol. The predicted octanol–water partition coefficient (Wildman–Crippen LogP) is 5.03. The molecule has 1 aliphatic heterocycles. The first-order chi connectivity index (χ1) is 10.2. The molecule has 1 aliphatic rings. The topological polar surface area (TPSA) is 15.3 Å². The minimum atomic E-state index is 0.357. The van der Waals surface area contributed by atoms with Gasteiger partial charge in [-0.15, -0.1) is 0 Å². The summed E-state index contributed by atoms with van der Waals surface area (Å²) in [6.07, 6.45) is 5.24. The van der Waals surface area contributed by atoms with E-state index in [0.717, 1.165) is 30.6 Å². The molecular weight excluding hydrogens is 280 g/mol. The van der Waals surface area contributed by atoms with E-state index in [0.29, 0.717) is 6.04 Å². The van der Waals surface area contributed by atoms with Crippen LogP contribution in [-0.2, 0) is 0 Å². The zero-order valence-electron chi connectivity index (χ0n) is 13.7. The van der Waals surface area contributed by atoms with Gasteiger partial charge >= 0.3 is 0 Å². The van der Waals surface area contributed by atoms with Gasteiger partial charge in [-0.05, 0) is 56.3 Å².